The molecule has 0 radical (unpaired) electrons. The predicted octanol–water partition coefficient (Wildman–Crippen LogP) is 3.63. The molecule has 5 nitrogen and oxygen atoms in total. The van der Waals surface area contributed by atoms with Crippen LogP contribution in [-0.4, -0.2) is 19.1 Å². The summed E-state index contributed by atoms with van der Waals surface area (Å²) in [7, 11) is 0. The van der Waals surface area contributed by atoms with E-state index in [1.54, 1.807) is 0 Å². The number of nitrogen functional groups attached to an aromatic ring is 1. The van der Waals surface area contributed by atoms with Gasteiger partial charge in [-0.15, -0.1) is 0 Å². The fourth-order valence-electron chi connectivity index (χ4n) is 3.22. The van der Waals surface area contributed by atoms with E-state index >= 15 is 0 Å². The molecule has 138 valence electrons. The van der Waals surface area contributed by atoms with E-state index in [1.165, 1.54) is 5.56 Å². The first-order chi connectivity index (χ1) is 12.7. The molecule has 26 heavy (non-hydrogen) atoms. The van der Waals surface area contributed by atoms with Gasteiger partial charge in [-0.05, 0) is 73.2 Å². The second-order valence-corrected chi connectivity index (χ2v) is 6.58. The second-order valence-electron chi connectivity index (χ2n) is 6.58. The number of aryl methyl sites for hydroxylation is 1. The zero-order valence-corrected chi connectivity index (χ0v) is 15.2. The highest BCUT2D eigenvalue weighted by Crippen LogP contribution is 2.30. The fourth-order valence-corrected chi connectivity index (χ4v) is 3.22. The maximum atomic E-state index is 12.3. The lowest BCUT2D eigenvalue weighted by Gasteiger charge is -2.26. The summed E-state index contributed by atoms with van der Waals surface area (Å²) < 4.78 is 11.1. The molecule has 0 spiro atoms. The van der Waals surface area contributed by atoms with Crippen LogP contribution >= 0.6 is 0 Å². The maximum Gasteiger partial charge on any atom is 0.258 e. The minimum atomic E-state index is -0.119. The van der Waals surface area contributed by atoms with Crippen LogP contribution in [-0.2, 0) is 11.2 Å². The Kier molecular flexibility index (Phi) is 6.00. The van der Waals surface area contributed by atoms with Gasteiger partial charge in [0.15, 0.2) is 6.61 Å². The molecule has 0 heterocycles. The van der Waals surface area contributed by atoms with Gasteiger partial charge in [-0.25, -0.2) is 0 Å². The Balaban J connectivity index is 1.52. The van der Waals surface area contributed by atoms with Gasteiger partial charge in [-0.3, -0.25) is 4.79 Å². The Bertz CT molecular complexity index is 743. The van der Waals surface area contributed by atoms with Crippen LogP contribution in [0.2, 0.25) is 0 Å². The van der Waals surface area contributed by atoms with Gasteiger partial charge in [0.25, 0.3) is 5.91 Å². The lowest BCUT2D eigenvalue weighted by Crippen LogP contribution is -2.34. The summed E-state index contributed by atoms with van der Waals surface area (Å²) in [6.45, 7) is 2.75. The summed E-state index contributed by atoms with van der Waals surface area (Å²) in [4.78, 5) is 12.3. The van der Waals surface area contributed by atoms with Gasteiger partial charge in [-0.2, -0.15) is 0 Å². The number of hydrogen-bond donors (Lipinski definition) is 2. The highest BCUT2D eigenvalue weighted by Gasteiger charge is 2.22. The van der Waals surface area contributed by atoms with Crippen LogP contribution in [0.4, 0.5) is 5.69 Å². The van der Waals surface area contributed by atoms with Crippen molar-refractivity contribution in [2.45, 2.75) is 38.6 Å². The third kappa shape index (κ3) is 4.69. The minimum absolute atomic E-state index is 0.00400. The minimum Gasteiger partial charge on any atom is -0.494 e. The van der Waals surface area contributed by atoms with Gasteiger partial charge in [0.1, 0.15) is 11.5 Å². The zero-order valence-electron chi connectivity index (χ0n) is 15.2. The molecular formula is C21H26N2O3. The average molecular weight is 354 g/mol. The van der Waals surface area contributed by atoms with Crippen molar-refractivity contribution < 1.29 is 14.3 Å². The lowest BCUT2D eigenvalue weighted by molar-refractivity contribution is -0.123. The molecular weight excluding hydrogens is 328 g/mol. The van der Waals surface area contributed by atoms with Crippen LogP contribution in [0.15, 0.2) is 42.5 Å². The first kappa shape index (κ1) is 18.1. The van der Waals surface area contributed by atoms with Crippen molar-refractivity contribution in [3.8, 4) is 11.5 Å². The topological polar surface area (TPSA) is 73.6 Å². The van der Waals surface area contributed by atoms with Crippen LogP contribution in [0.25, 0.3) is 0 Å². The normalized spacial score (nSPS) is 15.8. The Morgan fingerprint density at radius 1 is 1.15 bits per heavy atom. The van der Waals surface area contributed by atoms with E-state index in [0.717, 1.165) is 42.7 Å². The van der Waals surface area contributed by atoms with E-state index in [4.69, 9.17) is 15.2 Å². The molecule has 1 aliphatic carbocycles. The first-order valence-corrected chi connectivity index (χ1v) is 9.19. The van der Waals surface area contributed by atoms with Crippen molar-refractivity contribution in [3.63, 3.8) is 0 Å². The standard InChI is InChI=1S/C21H26N2O3/c1-2-12-25-17-7-9-18(10-8-17)26-14-21(24)23-20-5-3-4-15-13-16(22)6-11-19(15)20/h6-11,13,20H,2-5,12,14,22H2,1H3,(H,23,24). The number of benzene rings is 2. The van der Waals surface area contributed by atoms with Crippen molar-refractivity contribution in [2.75, 3.05) is 18.9 Å². The van der Waals surface area contributed by atoms with Crippen LogP contribution in [0, 0.1) is 0 Å². The third-order valence-corrected chi connectivity index (χ3v) is 4.48. The van der Waals surface area contributed by atoms with Crippen LogP contribution in [0.3, 0.4) is 0 Å². The highest BCUT2D eigenvalue weighted by atomic mass is 16.5. The Morgan fingerprint density at radius 2 is 1.88 bits per heavy atom. The average Bonchev–Trinajstić information content (AvgIpc) is 2.65. The number of hydrogen-bond acceptors (Lipinski definition) is 4. The molecule has 0 saturated carbocycles. The summed E-state index contributed by atoms with van der Waals surface area (Å²) in [5.41, 5.74) is 9.02. The number of rotatable bonds is 7. The first-order valence-electron chi connectivity index (χ1n) is 9.19. The summed E-state index contributed by atoms with van der Waals surface area (Å²) in [5.74, 6) is 1.34. The number of anilines is 1. The maximum absolute atomic E-state index is 12.3. The van der Waals surface area contributed by atoms with Gasteiger partial charge in [0.2, 0.25) is 0 Å². The molecule has 0 bridgehead atoms. The van der Waals surface area contributed by atoms with E-state index in [1.807, 2.05) is 42.5 Å². The van der Waals surface area contributed by atoms with Crippen LogP contribution in [0.1, 0.15) is 43.4 Å². The molecule has 1 aliphatic rings. The van der Waals surface area contributed by atoms with Crippen molar-refractivity contribution in [1.82, 2.24) is 5.32 Å². The van der Waals surface area contributed by atoms with E-state index in [-0.39, 0.29) is 18.6 Å². The van der Waals surface area contributed by atoms with Crippen LogP contribution in [0.5, 0.6) is 11.5 Å². The Labute approximate surface area is 154 Å². The van der Waals surface area contributed by atoms with E-state index in [9.17, 15) is 4.79 Å². The molecule has 0 aliphatic heterocycles. The molecule has 5 heteroatoms. The predicted molar refractivity (Wildman–Crippen MR) is 102 cm³/mol. The van der Waals surface area contributed by atoms with Gasteiger partial charge in [0, 0.05) is 5.69 Å². The molecule has 0 saturated heterocycles. The lowest BCUT2D eigenvalue weighted by atomic mass is 9.87. The van der Waals surface area contributed by atoms with Crippen molar-refractivity contribution in [3.05, 3.63) is 53.6 Å². The number of carbonyl (C=O) groups excluding carboxylic acids is 1. The number of fused-ring (bicyclic) bond motifs is 1. The molecule has 2 aromatic rings. The fraction of sp³-hybridized carbons (Fsp3) is 0.381. The highest BCUT2D eigenvalue weighted by molar-refractivity contribution is 5.78. The van der Waals surface area contributed by atoms with E-state index in [0.29, 0.717) is 12.4 Å². The summed E-state index contributed by atoms with van der Waals surface area (Å²) >= 11 is 0. The molecule has 1 atom stereocenters. The van der Waals surface area contributed by atoms with Crippen molar-refractivity contribution >= 4 is 11.6 Å². The monoisotopic (exact) mass is 354 g/mol. The molecule has 1 amide bonds. The number of amides is 1. The number of nitrogens with one attached hydrogen (secondary N) is 1. The third-order valence-electron chi connectivity index (χ3n) is 4.48. The quantitative estimate of drug-likeness (QED) is 0.745. The summed E-state index contributed by atoms with van der Waals surface area (Å²) in [6.07, 6.45) is 3.96. The molecule has 2 aromatic carbocycles. The molecule has 3 N–H and O–H groups in total. The number of nitrogens with two attached hydrogens (primary N) is 1. The summed E-state index contributed by atoms with van der Waals surface area (Å²) in [6, 6.07) is 13.3. The van der Waals surface area contributed by atoms with Crippen LogP contribution < -0.4 is 20.5 Å². The van der Waals surface area contributed by atoms with E-state index in [2.05, 4.69) is 12.2 Å². The second kappa shape index (κ2) is 8.61. The molecule has 3 rings (SSSR count). The largest absolute Gasteiger partial charge is 0.494 e. The summed E-state index contributed by atoms with van der Waals surface area (Å²) in [5, 5.41) is 3.07. The van der Waals surface area contributed by atoms with Gasteiger partial charge in [0.05, 0.1) is 12.6 Å². The molecule has 0 aromatic heterocycles. The van der Waals surface area contributed by atoms with E-state index < -0.39 is 0 Å². The van der Waals surface area contributed by atoms with Crippen molar-refractivity contribution in [2.24, 2.45) is 0 Å². The van der Waals surface area contributed by atoms with Gasteiger partial charge in [-0.1, -0.05) is 13.0 Å². The smallest absolute Gasteiger partial charge is 0.258 e. The Hall–Kier alpha value is -2.69. The SMILES string of the molecule is CCCOc1ccc(OCC(=O)NC2CCCc3cc(N)ccc32)cc1. The number of carbonyl (C=O) groups is 1. The number of ether oxygens (including phenoxy) is 2. The van der Waals surface area contributed by atoms with Gasteiger partial charge >= 0.3 is 0 Å². The zero-order chi connectivity index (χ0) is 18.4. The van der Waals surface area contributed by atoms with Gasteiger partial charge < -0.3 is 20.5 Å². The molecule has 0 fully saturated rings. The van der Waals surface area contributed by atoms with Crippen molar-refractivity contribution in [1.29, 1.82) is 0 Å². The Morgan fingerprint density at radius 3 is 2.62 bits per heavy atom. The molecule has 1 unspecified atom stereocenters.